The smallest absolute Gasteiger partial charge is 0.396 e. The van der Waals surface area contributed by atoms with Gasteiger partial charge in [-0.1, -0.05) is 24.3 Å². The monoisotopic (exact) mass is 367 g/mol. The largest absolute Gasteiger partial charge is 0.497 e. The molecular weight excluding hydrogens is 351 g/mol. The fraction of sp³-hybridized carbons (Fsp3) is 0.222. The van der Waals surface area contributed by atoms with Crippen molar-refractivity contribution in [3.05, 3.63) is 59.7 Å². The number of alkyl halides is 3. The number of carboxylic acids is 1. The summed E-state index contributed by atoms with van der Waals surface area (Å²) in [5.41, 5.74) is 0.158. The van der Waals surface area contributed by atoms with E-state index in [2.05, 4.69) is 5.32 Å². The Hall–Kier alpha value is -3.03. The molecule has 0 bridgehead atoms. The average Bonchev–Trinajstić information content (AvgIpc) is 2.58. The van der Waals surface area contributed by atoms with Crippen LogP contribution in [0.3, 0.4) is 0 Å². The molecule has 0 aliphatic rings. The van der Waals surface area contributed by atoms with Crippen LogP contribution in [0.4, 0.5) is 18.9 Å². The summed E-state index contributed by atoms with van der Waals surface area (Å²) < 4.78 is 42.5. The molecule has 0 spiro atoms. The lowest BCUT2D eigenvalue weighted by Crippen LogP contribution is -2.22. The van der Waals surface area contributed by atoms with Crippen LogP contribution in [0, 0.1) is 0 Å². The Labute approximate surface area is 147 Å². The molecule has 2 aromatic rings. The summed E-state index contributed by atoms with van der Waals surface area (Å²) in [5.74, 6) is -1.86. The third kappa shape index (κ3) is 4.98. The van der Waals surface area contributed by atoms with Gasteiger partial charge < -0.3 is 15.2 Å². The van der Waals surface area contributed by atoms with E-state index in [0.29, 0.717) is 11.3 Å². The Morgan fingerprint density at radius 3 is 2.27 bits per heavy atom. The molecule has 0 amide bonds. The molecule has 0 aromatic heterocycles. The molecule has 5 nitrogen and oxygen atoms in total. The second-order valence-electron chi connectivity index (χ2n) is 5.45. The van der Waals surface area contributed by atoms with Gasteiger partial charge >= 0.3 is 12.1 Å². The van der Waals surface area contributed by atoms with Gasteiger partial charge in [-0.2, -0.15) is 13.2 Å². The first-order chi connectivity index (χ1) is 12.2. The molecule has 2 N–H and O–H groups in total. The summed E-state index contributed by atoms with van der Waals surface area (Å²) in [6, 6.07) is 10.4. The summed E-state index contributed by atoms with van der Waals surface area (Å²) >= 11 is 0. The number of nitrogens with one attached hydrogen (secondary N) is 1. The van der Waals surface area contributed by atoms with Crippen LogP contribution in [0.5, 0.6) is 5.75 Å². The molecule has 2 aromatic carbocycles. The number of hydrogen-bond donors (Lipinski definition) is 2. The molecule has 0 saturated carbocycles. The molecule has 138 valence electrons. The number of Topliss-reactive ketones (excluding diaryl/α,β-unsaturated/α-hetero) is 1. The lowest BCUT2D eigenvalue weighted by Gasteiger charge is -2.19. The van der Waals surface area contributed by atoms with Gasteiger partial charge in [-0.3, -0.25) is 4.79 Å². The van der Waals surface area contributed by atoms with Gasteiger partial charge in [0, 0.05) is 11.3 Å². The van der Waals surface area contributed by atoms with Crippen molar-refractivity contribution in [1.29, 1.82) is 0 Å². The molecular formula is C18H16F3NO4. The Morgan fingerprint density at radius 2 is 1.73 bits per heavy atom. The van der Waals surface area contributed by atoms with Crippen molar-refractivity contribution < 1.29 is 32.6 Å². The van der Waals surface area contributed by atoms with Crippen molar-refractivity contribution in [2.45, 2.75) is 18.6 Å². The summed E-state index contributed by atoms with van der Waals surface area (Å²) in [7, 11) is 1.46. The maximum Gasteiger partial charge on any atom is 0.396 e. The quantitative estimate of drug-likeness (QED) is 0.722. The van der Waals surface area contributed by atoms with Gasteiger partial charge in [0.15, 0.2) is 11.8 Å². The summed E-state index contributed by atoms with van der Waals surface area (Å²) in [5, 5.41) is 12.1. The first kappa shape index (κ1) is 19.3. The molecule has 0 saturated heterocycles. The Kier molecular flexibility index (Phi) is 5.86. The summed E-state index contributed by atoms with van der Waals surface area (Å²) in [4.78, 5) is 23.5. The fourth-order valence-electron chi connectivity index (χ4n) is 2.37. The molecule has 0 fully saturated rings. The summed E-state index contributed by atoms with van der Waals surface area (Å²) in [6.07, 6.45) is -6.27. The van der Waals surface area contributed by atoms with Crippen LogP contribution < -0.4 is 10.1 Å². The molecule has 0 radical (unpaired) electrons. The highest BCUT2D eigenvalue weighted by Crippen LogP contribution is 2.28. The van der Waals surface area contributed by atoms with Gasteiger partial charge in [-0.25, -0.2) is 4.79 Å². The van der Waals surface area contributed by atoms with Crippen molar-refractivity contribution in [3.63, 3.8) is 0 Å². The standard InChI is InChI=1S/C18H16F3NO4/c1-26-12-8-6-11(7-9-12)16(17(24)25)22-14-5-3-2-4-13(14)15(23)10-18(19,20)21/h2-9,16,22H,10H2,1H3,(H,24,25). The number of ketones is 1. The Morgan fingerprint density at radius 1 is 1.12 bits per heavy atom. The number of halogens is 3. The number of carboxylic acid groups (broad SMARTS) is 1. The third-order valence-corrected chi connectivity index (χ3v) is 3.58. The number of ether oxygens (including phenoxy) is 1. The van der Waals surface area contributed by atoms with Gasteiger partial charge in [-0.15, -0.1) is 0 Å². The van der Waals surface area contributed by atoms with Crippen LogP contribution >= 0.6 is 0 Å². The zero-order chi connectivity index (χ0) is 19.3. The topological polar surface area (TPSA) is 75.6 Å². The molecule has 2 rings (SSSR count). The maximum absolute atomic E-state index is 12.5. The van der Waals surface area contributed by atoms with Crippen molar-refractivity contribution in [2.75, 3.05) is 12.4 Å². The van der Waals surface area contributed by atoms with Gasteiger partial charge in [0.25, 0.3) is 0 Å². The average molecular weight is 367 g/mol. The molecule has 8 heteroatoms. The van der Waals surface area contributed by atoms with Gasteiger partial charge in [-0.05, 0) is 29.8 Å². The Bertz CT molecular complexity index is 788. The van der Waals surface area contributed by atoms with E-state index in [1.165, 1.54) is 43.5 Å². The minimum Gasteiger partial charge on any atom is -0.497 e. The number of rotatable bonds is 7. The molecule has 0 heterocycles. The van der Waals surface area contributed by atoms with Crippen molar-refractivity contribution in [3.8, 4) is 5.75 Å². The predicted octanol–water partition coefficient (Wildman–Crippen LogP) is 4.07. The molecule has 0 aliphatic heterocycles. The first-order valence-corrected chi connectivity index (χ1v) is 7.53. The SMILES string of the molecule is COc1ccc(C(Nc2ccccc2C(=O)CC(F)(F)F)C(=O)O)cc1. The first-order valence-electron chi connectivity index (χ1n) is 7.53. The normalized spacial score (nSPS) is 12.3. The van der Waals surface area contributed by atoms with Gasteiger partial charge in [0.2, 0.25) is 0 Å². The van der Waals surface area contributed by atoms with E-state index in [9.17, 15) is 27.9 Å². The minimum atomic E-state index is -4.65. The van der Waals surface area contributed by atoms with Crippen LogP contribution in [0.25, 0.3) is 0 Å². The molecule has 1 atom stereocenters. The number of aliphatic carboxylic acids is 1. The molecule has 1 unspecified atom stereocenters. The van der Waals surface area contributed by atoms with Crippen LogP contribution in [-0.4, -0.2) is 30.1 Å². The number of carbonyl (C=O) groups is 2. The van der Waals surface area contributed by atoms with Crippen molar-refractivity contribution >= 4 is 17.4 Å². The Balaban J connectivity index is 2.32. The van der Waals surface area contributed by atoms with Gasteiger partial charge in [0.1, 0.15) is 12.2 Å². The second-order valence-corrected chi connectivity index (χ2v) is 5.45. The maximum atomic E-state index is 12.5. The molecule has 0 aliphatic carbocycles. The fourth-order valence-corrected chi connectivity index (χ4v) is 2.37. The van der Waals surface area contributed by atoms with Crippen LogP contribution in [0.1, 0.15) is 28.4 Å². The van der Waals surface area contributed by atoms with E-state index < -0.39 is 30.4 Å². The van der Waals surface area contributed by atoms with Crippen molar-refractivity contribution in [1.82, 2.24) is 0 Å². The highest BCUT2D eigenvalue weighted by atomic mass is 19.4. The number of anilines is 1. The number of carbonyl (C=O) groups excluding carboxylic acids is 1. The van der Waals surface area contributed by atoms with E-state index in [1.54, 1.807) is 12.1 Å². The van der Waals surface area contributed by atoms with E-state index >= 15 is 0 Å². The number of methoxy groups -OCH3 is 1. The highest BCUT2D eigenvalue weighted by Gasteiger charge is 2.32. The lowest BCUT2D eigenvalue weighted by molar-refractivity contribution is -0.138. The number of benzene rings is 2. The van der Waals surface area contributed by atoms with Gasteiger partial charge in [0.05, 0.1) is 7.11 Å². The van der Waals surface area contributed by atoms with E-state index in [1.807, 2.05) is 0 Å². The molecule has 26 heavy (non-hydrogen) atoms. The van der Waals surface area contributed by atoms with E-state index in [-0.39, 0.29) is 11.3 Å². The van der Waals surface area contributed by atoms with E-state index in [4.69, 9.17) is 4.74 Å². The van der Waals surface area contributed by atoms with Crippen LogP contribution in [0.2, 0.25) is 0 Å². The van der Waals surface area contributed by atoms with E-state index in [0.717, 1.165) is 0 Å². The number of hydrogen-bond acceptors (Lipinski definition) is 4. The van der Waals surface area contributed by atoms with Crippen LogP contribution in [0.15, 0.2) is 48.5 Å². The zero-order valence-corrected chi connectivity index (χ0v) is 13.7. The highest BCUT2D eigenvalue weighted by molar-refractivity contribution is 6.02. The minimum absolute atomic E-state index is 0.0185. The second kappa shape index (κ2) is 7.90. The summed E-state index contributed by atoms with van der Waals surface area (Å²) in [6.45, 7) is 0. The number of para-hydroxylation sites is 1. The third-order valence-electron chi connectivity index (χ3n) is 3.58. The zero-order valence-electron chi connectivity index (χ0n) is 13.7. The van der Waals surface area contributed by atoms with Crippen LogP contribution in [-0.2, 0) is 4.79 Å². The predicted molar refractivity (Wildman–Crippen MR) is 88.4 cm³/mol. The lowest BCUT2D eigenvalue weighted by atomic mass is 10.0. The van der Waals surface area contributed by atoms with Crippen molar-refractivity contribution in [2.24, 2.45) is 0 Å².